The molecule has 10 heteroatoms. The van der Waals surface area contributed by atoms with Gasteiger partial charge in [-0.2, -0.15) is 0 Å². The van der Waals surface area contributed by atoms with Crippen molar-refractivity contribution in [3.8, 4) is 0 Å². The molecule has 5 rings (SSSR count). The third kappa shape index (κ3) is 4.81. The van der Waals surface area contributed by atoms with E-state index in [0.29, 0.717) is 23.5 Å². The van der Waals surface area contributed by atoms with Gasteiger partial charge < -0.3 is 25.3 Å². The van der Waals surface area contributed by atoms with Gasteiger partial charge in [0.2, 0.25) is 0 Å². The molecule has 1 saturated carbocycles. The Hall–Kier alpha value is -3.24. The number of methoxy groups -OCH3 is 1. The SMILES string of the molecule is COC(=O)C1C[C@@H](NC(=O)c2cc3cc(C)ccc3[nH]2)[C@H](NC(=O)c2nc3c(s2)CN(C)CC3)C1. The average molecular weight is 496 g/mol. The summed E-state index contributed by atoms with van der Waals surface area (Å²) in [5, 5.41) is 7.43. The summed E-state index contributed by atoms with van der Waals surface area (Å²) >= 11 is 1.41. The molecule has 1 aromatic carbocycles. The number of H-pyrrole nitrogens is 1. The highest BCUT2D eigenvalue weighted by molar-refractivity contribution is 7.13. The molecule has 184 valence electrons. The normalized spacial score (nSPS) is 22.1. The summed E-state index contributed by atoms with van der Waals surface area (Å²) in [6.45, 7) is 3.71. The first-order chi connectivity index (χ1) is 16.8. The molecule has 2 aliphatic rings. The molecule has 1 unspecified atom stereocenters. The molecule has 9 nitrogen and oxygen atoms in total. The number of esters is 1. The second-order valence-electron chi connectivity index (χ2n) is 9.50. The Morgan fingerprint density at radius 3 is 2.63 bits per heavy atom. The maximum absolute atomic E-state index is 13.1. The number of aromatic nitrogens is 2. The predicted molar refractivity (Wildman–Crippen MR) is 132 cm³/mol. The van der Waals surface area contributed by atoms with Gasteiger partial charge in [-0.1, -0.05) is 11.6 Å². The van der Waals surface area contributed by atoms with E-state index in [0.717, 1.165) is 46.5 Å². The molecule has 1 aliphatic heterocycles. The second-order valence-corrected chi connectivity index (χ2v) is 10.6. The van der Waals surface area contributed by atoms with Crippen LogP contribution in [0.4, 0.5) is 0 Å². The van der Waals surface area contributed by atoms with Crippen molar-refractivity contribution in [2.24, 2.45) is 5.92 Å². The maximum atomic E-state index is 13.1. The summed E-state index contributed by atoms with van der Waals surface area (Å²) in [6, 6.07) is 6.93. The number of fused-ring (bicyclic) bond motifs is 2. The van der Waals surface area contributed by atoms with Crippen LogP contribution in [0.15, 0.2) is 24.3 Å². The molecule has 3 heterocycles. The van der Waals surface area contributed by atoms with E-state index in [1.165, 1.54) is 18.4 Å². The number of benzene rings is 1. The van der Waals surface area contributed by atoms with Crippen LogP contribution < -0.4 is 10.6 Å². The molecule has 2 amide bonds. The van der Waals surface area contributed by atoms with Crippen molar-refractivity contribution in [2.45, 2.75) is 44.8 Å². The van der Waals surface area contributed by atoms with Gasteiger partial charge in [0.05, 0.1) is 30.8 Å². The van der Waals surface area contributed by atoms with Crippen molar-refractivity contribution in [1.29, 1.82) is 0 Å². The van der Waals surface area contributed by atoms with Crippen LogP contribution in [0.1, 0.15) is 49.3 Å². The lowest BCUT2D eigenvalue weighted by molar-refractivity contribution is -0.145. The fourth-order valence-electron chi connectivity index (χ4n) is 4.99. The number of aryl methyl sites for hydroxylation is 1. The number of thiazole rings is 1. The number of aromatic amines is 1. The van der Waals surface area contributed by atoms with Crippen molar-refractivity contribution >= 4 is 40.0 Å². The van der Waals surface area contributed by atoms with Gasteiger partial charge in [0.15, 0.2) is 5.01 Å². The van der Waals surface area contributed by atoms with E-state index in [4.69, 9.17) is 4.74 Å². The van der Waals surface area contributed by atoms with E-state index in [1.54, 1.807) is 0 Å². The first-order valence-corrected chi connectivity index (χ1v) is 12.6. The standard InChI is InChI=1S/C25H29N5O4S/c1-13-4-5-16-14(8-13)9-20(26-16)22(31)27-18-10-15(25(33)34-3)11-19(18)28-23(32)24-29-17-6-7-30(2)12-21(17)35-24/h4-5,8-9,15,18-19,26H,6-7,10-12H2,1-3H3,(H,27,31)(H,28,32)/t15?,18-,19-/m1/s1. The Labute approximate surface area is 207 Å². The van der Waals surface area contributed by atoms with Crippen LogP contribution in [0.3, 0.4) is 0 Å². The minimum Gasteiger partial charge on any atom is -0.469 e. The molecule has 3 N–H and O–H groups in total. The summed E-state index contributed by atoms with van der Waals surface area (Å²) in [6.07, 6.45) is 1.61. The highest BCUT2D eigenvalue weighted by Crippen LogP contribution is 2.29. The number of carbonyl (C=O) groups is 3. The number of ether oxygens (including phenoxy) is 1. The van der Waals surface area contributed by atoms with Crippen molar-refractivity contribution < 1.29 is 19.1 Å². The molecule has 0 spiro atoms. The average Bonchev–Trinajstić information content (AvgIpc) is 3.54. The number of carbonyl (C=O) groups excluding carboxylic acids is 3. The fourth-order valence-corrected chi connectivity index (χ4v) is 6.08. The highest BCUT2D eigenvalue weighted by Gasteiger charge is 2.40. The zero-order valence-corrected chi connectivity index (χ0v) is 20.8. The van der Waals surface area contributed by atoms with E-state index < -0.39 is 18.0 Å². The molecular formula is C25H29N5O4S. The molecule has 3 atom stereocenters. The van der Waals surface area contributed by atoms with Crippen molar-refractivity contribution in [1.82, 2.24) is 25.5 Å². The third-order valence-corrected chi connectivity index (χ3v) is 7.95. The third-order valence-electron chi connectivity index (χ3n) is 6.87. The fraction of sp³-hybridized carbons (Fsp3) is 0.440. The lowest BCUT2D eigenvalue weighted by Gasteiger charge is -2.21. The zero-order valence-electron chi connectivity index (χ0n) is 20.0. The summed E-state index contributed by atoms with van der Waals surface area (Å²) in [5.41, 5.74) is 3.41. The van der Waals surface area contributed by atoms with Crippen molar-refractivity contribution in [3.05, 3.63) is 51.1 Å². The minimum atomic E-state index is -0.413. The molecule has 35 heavy (non-hydrogen) atoms. The largest absolute Gasteiger partial charge is 0.469 e. The van der Waals surface area contributed by atoms with Crippen molar-refractivity contribution in [3.63, 3.8) is 0 Å². The number of amides is 2. The number of hydrogen-bond acceptors (Lipinski definition) is 7. The zero-order chi connectivity index (χ0) is 24.7. The summed E-state index contributed by atoms with van der Waals surface area (Å²) in [7, 11) is 3.40. The van der Waals surface area contributed by atoms with Gasteiger partial charge in [-0.05, 0) is 45.0 Å². The monoisotopic (exact) mass is 495 g/mol. The summed E-state index contributed by atoms with van der Waals surface area (Å²) in [4.78, 5) is 49.5. The summed E-state index contributed by atoms with van der Waals surface area (Å²) in [5.74, 6) is -1.29. The van der Waals surface area contributed by atoms with Crippen molar-refractivity contribution in [2.75, 3.05) is 20.7 Å². The minimum absolute atomic E-state index is 0.275. The van der Waals surface area contributed by atoms with Gasteiger partial charge in [0, 0.05) is 35.3 Å². The van der Waals surface area contributed by atoms with E-state index in [1.807, 2.05) is 31.2 Å². The van der Waals surface area contributed by atoms with E-state index >= 15 is 0 Å². The van der Waals surface area contributed by atoms with E-state index in [-0.39, 0.29) is 17.8 Å². The molecule has 0 saturated heterocycles. The van der Waals surface area contributed by atoms with Gasteiger partial charge in [0.1, 0.15) is 5.69 Å². The molecule has 1 fully saturated rings. The molecule has 2 aromatic heterocycles. The van der Waals surface area contributed by atoms with Crippen LogP contribution in [0.2, 0.25) is 0 Å². The first kappa shape index (κ1) is 23.5. The van der Waals surface area contributed by atoms with Crippen LogP contribution in [0.25, 0.3) is 10.9 Å². The van der Waals surface area contributed by atoms with Crippen LogP contribution in [-0.4, -0.2) is 65.4 Å². The smallest absolute Gasteiger partial charge is 0.308 e. The Balaban J connectivity index is 1.32. The highest BCUT2D eigenvalue weighted by atomic mass is 32.1. The lowest BCUT2D eigenvalue weighted by Crippen LogP contribution is -2.48. The first-order valence-electron chi connectivity index (χ1n) is 11.8. The van der Waals surface area contributed by atoms with Gasteiger partial charge in [-0.25, -0.2) is 4.98 Å². The van der Waals surface area contributed by atoms with Crippen LogP contribution >= 0.6 is 11.3 Å². The predicted octanol–water partition coefficient (Wildman–Crippen LogP) is 2.40. The van der Waals surface area contributed by atoms with Crippen LogP contribution in [0, 0.1) is 12.8 Å². The molecular weight excluding hydrogens is 466 g/mol. The second kappa shape index (κ2) is 9.43. The van der Waals surface area contributed by atoms with Gasteiger partial charge >= 0.3 is 5.97 Å². The number of nitrogens with zero attached hydrogens (tertiary/aromatic N) is 2. The Morgan fingerprint density at radius 1 is 1.14 bits per heavy atom. The van der Waals surface area contributed by atoms with Gasteiger partial charge in [-0.3, -0.25) is 14.4 Å². The molecule has 0 radical (unpaired) electrons. The van der Waals surface area contributed by atoms with E-state index in [9.17, 15) is 14.4 Å². The Bertz CT molecular complexity index is 1300. The Morgan fingerprint density at radius 2 is 1.89 bits per heavy atom. The number of rotatable bonds is 5. The number of hydrogen-bond donors (Lipinski definition) is 3. The van der Waals surface area contributed by atoms with Crippen LogP contribution in [0.5, 0.6) is 0 Å². The topological polar surface area (TPSA) is 116 Å². The molecule has 3 aromatic rings. The molecule has 0 bridgehead atoms. The number of nitrogens with one attached hydrogen (secondary N) is 3. The quantitative estimate of drug-likeness (QED) is 0.468. The lowest BCUT2D eigenvalue weighted by atomic mass is 10.1. The number of likely N-dealkylation sites (N-methyl/N-ethyl adjacent to an activating group) is 1. The summed E-state index contributed by atoms with van der Waals surface area (Å²) < 4.78 is 4.94. The van der Waals surface area contributed by atoms with Crippen LogP contribution in [-0.2, 0) is 22.5 Å². The maximum Gasteiger partial charge on any atom is 0.308 e. The van der Waals surface area contributed by atoms with Gasteiger partial charge in [-0.15, -0.1) is 11.3 Å². The Kier molecular flexibility index (Phi) is 6.33. The van der Waals surface area contributed by atoms with E-state index in [2.05, 4.69) is 32.5 Å². The molecule has 1 aliphatic carbocycles. The van der Waals surface area contributed by atoms with Gasteiger partial charge in [0.25, 0.3) is 11.8 Å².